The van der Waals surface area contributed by atoms with Crippen LogP contribution in [0.1, 0.15) is 39.2 Å². The van der Waals surface area contributed by atoms with Crippen molar-refractivity contribution < 1.29 is 14.4 Å². The van der Waals surface area contributed by atoms with Crippen LogP contribution in [0.2, 0.25) is 0 Å². The van der Waals surface area contributed by atoms with Crippen molar-refractivity contribution in [2.75, 3.05) is 4.90 Å². The molecule has 0 saturated carbocycles. The molecule has 1 unspecified atom stereocenters. The molecule has 0 radical (unpaired) electrons. The average molecular weight is 288 g/mol. The lowest BCUT2D eigenvalue weighted by Crippen LogP contribution is -2.30. The van der Waals surface area contributed by atoms with Crippen molar-refractivity contribution in [2.24, 2.45) is 11.7 Å². The van der Waals surface area contributed by atoms with Crippen LogP contribution < -0.4 is 10.6 Å². The van der Waals surface area contributed by atoms with Crippen LogP contribution in [0.3, 0.4) is 0 Å². The Morgan fingerprint density at radius 1 is 1.29 bits per heavy atom. The Morgan fingerprint density at radius 3 is 2.29 bits per heavy atom. The van der Waals surface area contributed by atoms with E-state index in [-0.39, 0.29) is 41.9 Å². The summed E-state index contributed by atoms with van der Waals surface area (Å²) < 4.78 is 0. The molecule has 112 valence electrons. The average Bonchev–Trinajstić information content (AvgIpc) is 2.62. The van der Waals surface area contributed by atoms with Crippen LogP contribution >= 0.6 is 0 Å². The zero-order chi connectivity index (χ0) is 15.8. The second kappa shape index (κ2) is 5.31. The lowest BCUT2D eigenvalue weighted by atomic mass is 9.81. The molecule has 0 spiro atoms. The maximum absolute atomic E-state index is 12.0. The molecule has 1 heterocycles. The number of carbonyl (C=O) groups is 3. The highest BCUT2D eigenvalue weighted by Crippen LogP contribution is 2.31. The van der Waals surface area contributed by atoms with E-state index in [0.29, 0.717) is 5.69 Å². The molecule has 2 rings (SSSR count). The van der Waals surface area contributed by atoms with Crippen LogP contribution in [0.5, 0.6) is 0 Å². The number of rotatable bonds is 4. The van der Waals surface area contributed by atoms with Gasteiger partial charge in [-0.15, -0.1) is 0 Å². The number of hydrogen-bond acceptors (Lipinski definition) is 3. The van der Waals surface area contributed by atoms with Crippen LogP contribution in [0.15, 0.2) is 24.3 Å². The van der Waals surface area contributed by atoms with Gasteiger partial charge in [0.15, 0.2) is 0 Å². The third-order valence-electron chi connectivity index (χ3n) is 3.90. The van der Waals surface area contributed by atoms with Crippen LogP contribution in [0, 0.1) is 5.92 Å². The van der Waals surface area contributed by atoms with Gasteiger partial charge in [-0.1, -0.05) is 32.9 Å². The number of benzene rings is 1. The SMILES string of the molecule is CC1CC(=O)N(c2ccc(C(C)(C)CC(N)=O)cc2)C1=O. The van der Waals surface area contributed by atoms with Crippen LogP contribution in [-0.2, 0) is 19.8 Å². The van der Waals surface area contributed by atoms with Crippen LogP contribution in [-0.4, -0.2) is 17.7 Å². The molecule has 1 aliphatic heterocycles. The van der Waals surface area contributed by atoms with Gasteiger partial charge in [0.1, 0.15) is 0 Å². The molecule has 0 aromatic heterocycles. The van der Waals surface area contributed by atoms with Gasteiger partial charge in [-0.3, -0.25) is 19.3 Å². The summed E-state index contributed by atoms with van der Waals surface area (Å²) in [6.45, 7) is 5.62. The Morgan fingerprint density at radius 2 is 1.86 bits per heavy atom. The highest BCUT2D eigenvalue weighted by molar-refractivity contribution is 6.20. The number of primary amides is 1. The van der Waals surface area contributed by atoms with Gasteiger partial charge in [0.2, 0.25) is 17.7 Å². The lowest BCUT2D eigenvalue weighted by molar-refractivity contribution is -0.122. The molecule has 1 aliphatic rings. The maximum Gasteiger partial charge on any atom is 0.237 e. The van der Waals surface area contributed by atoms with Crippen molar-refractivity contribution in [3.8, 4) is 0 Å². The first-order chi connectivity index (χ1) is 9.72. The summed E-state index contributed by atoms with van der Waals surface area (Å²) in [5.74, 6) is -0.952. The van der Waals surface area contributed by atoms with E-state index in [4.69, 9.17) is 5.73 Å². The molecule has 3 amide bonds. The monoisotopic (exact) mass is 288 g/mol. The molecule has 1 fully saturated rings. The summed E-state index contributed by atoms with van der Waals surface area (Å²) in [7, 11) is 0. The highest BCUT2D eigenvalue weighted by atomic mass is 16.2. The highest BCUT2D eigenvalue weighted by Gasteiger charge is 2.36. The molecule has 5 nitrogen and oxygen atoms in total. The van der Waals surface area contributed by atoms with Crippen molar-refractivity contribution in [3.05, 3.63) is 29.8 Å². The van der Waals surface area contributed by atoms with E-state index in [9.17, 15) is 14.4 Å². The van der Waals surface area contributed by atoms with Gasteiger partial charge in [0.05, 0.1) is 5.69 Å². The Balaban J connectivity index is 2.25. The van der Waals surface area contributed by atoms with E-state index in [1.807, 2.05) is 26.0 Å². The van der Waals surface area contributed by atoms with E-state index >= 15 is 0 Å². The third-order valence-corrected chi connectivity index (χ3v) is 3.90. The molecular formula is C16H20N2O3. The Kier molecular flexibility index (Phi) is 3.85. The quantitative estimate of drug-likeness (QED) is 0.857. The van der Waals surface area contributed by atoms with Gasteiger partial charge >= 0.3 is 0 Å². The summed E-state index contributed by atoms with van der Waals surface area (Å²) in [4.78, 5) is 36.2. The van der Waals surface area contributed by atoms with E-state index in [1.54, 1.807) is 19.1 Å². The zero-order valence-electron chi connectivity index (χ0n) is 12.6. The molecule has 5 heteroatoms. The van der Waals surface area contributed by atoms with Gasteiger partial charge in [0.25, 0.3) is 0 Å². The fraction of sp³-hybridized carbons (Fsp3) is 0.438. The Labute approximate surface area is 124 Å². The van der Waals surface area contributed by atoms with Crippen molar-refractivity contribution >= 4 is 23.4 Å². The van der Waals surface area contributed by atoms with Gasteiger partial charge < -0.3 is 5.73 Å². The van der Waals surface area contributed by atoms with Crippen molar-refractivity contribution in [1.29, 1.82) is 0 Å². The number of nitrogens with two attached hydrogens (primary N) is 1. The normalized spacial score (nSPS) is 19.2. The molecule has 21 heavy (non-hydrogen) atoms. The van der Waals surface area contributed by atoms with Crippen LogP contribution in [0.25, 0.3) is 0 Å². The number of nitrogens with zero attached hydrogens (tertiary/aromatic N) is 1. The molecular weight excluding hydrogens is 268 g/mol. The Bertz CT molecular complexity index is 590. The van der Waals surface area contributed by atoms with Crippen LogP contribution in [0.4, 0.5) is 5.69 Å². The minimum Gasteiger partial charge on any atom is -0.370 e. The number of carbonyl (C=O) groups excluding carboxylic acids is 3. The summed E-state index contributed by atoms with van der Waals surface area (Å²) in [5.41, 5.74) is 6.40. The molecule has 1 saturated heterocycles. The van der Waals surface area contributed by atoms with Gasteiger partial charge in [-0.25, -0.2) is 0 Å². The number of amides is 3. The first kappa shape index (κ1) is 15.2. The molecule has 1 atom stereocenters. The second-order valence-electron chi connectivity index (χ2n) is 6.25. The minimum atomic E-state index is -0.378. The van der Waals surface area contributed by atoms with E-state index < -0.39 is 0 Å². The smallest absolute Gasteiger partial charge is 0.237 e. The van der Waals surface area contributed by atoms with E-state index in [1.165, 1.54) is 4.90 Å². The lowest BCUT2D eigenvalue weighted by Gasteiger charge is -2.24. The second-order valence-corrected chi connectivity index (χ2v) is 6.25. The first-order valence-corrected chi connectivity index (χ1v) is 6.98. The fourth-order valence-electron chi connectivity index (χ4n) is 2.65. The number of anilines is 1. The topological polar surface area (TPSA) is 80.5 Å². The van der Waals surface area contributed by atoms with Gasteiger partial charge in [-0.05, 0) is 23.1 Å². The Hall–Kier alpha value is -2.17. The molecule has 1 aromatic rings. The third kappa shape index (κ3) is 2.96. The summed E-state index contributed by atoms with van der Waals surface area (Å²) in [6.07, 6.45) is 0.499. The summed E-state index contributed by atoms with van der Waals surface area (Å²) in [5, 5.41) is 0. The van der Waals surface area contributed by atoms with Gasteiger partial charge in [0, 0.05) is 18.8 Å². The standard InChI is InChI=1S/C16H20N2O3/c1-10-8-14(20)18(15(10)21)12-6-4-11(5-7-12)16(2,3)9-13(17)19/h4-7,10H,8-9H2,1-3H3,(H2,17,19). The zero-order valence-corrected chi connectivity index (χ0v) is 12.6. The van der Waals surface area contributed by atoms with E-state index in [2.05, 4.69) is 0 Å². The predicted molar refractivity (Wildman–Crippen MR) is 79.6 cm³/mol. The molecule has 2 N–H and O–H groups in total. The summed E-state index contributed by atoms with van der Waals surface area (Å²) >= 11 is 0. The summed E-state index contributed by atoms with van der Waals surface area (Å²) in [6, 6.07) is 7.15. The molecule has 0 aliphatic carbocycles. The molecule has 0 bridgehead atoms. The minimum absolute atomic E-state index is 0.163. The predicted octanol–water partition coefficient (Wildman–Crippen LogP) is 1.74. The van der Waals surface area contributed by atoms with E-state index in [0.717, 1.165) is 5.56 Å². The fourth-order valence-corrected chi connectivity index (χ4v) is 2.65. The van der Waals surface area contributed by atoms with Crippen molar-refractivity contribution in [3.63, 3.8) is 0 Å². The maximum atomic E-state index is 12.0. The first-order valence-electron chi connectivity index (χ1n) is 6.98. The number of hydrogen-bond donors (Lipinski definition) is 1. The number of imide groups is 1. The largest absolute Gasteiger partial charge is 0.370 e. The van der Waals surface area contributed by atoms with Crippen molar-refractivity contribution in [1.82, 2.24) is 0 Å². The van der Waals surface area contributed by atoms with Gasteiger partial charge in [-0.2, -0.15) is 0 Å². The molecule has 1 aromatic carbocycles. The van der Waals surface area contributed by atoms with Crippen molar-refractivity contribution in [2.45, 2.75) is 39.0 Å².